The molecule has 0 unspecified atom stereocenters. The summed E-state index contributed by atoms with van der Waals surface area (Å²) >= 11 is 0. The topological polar surface area (TPSA) is 69.1 Å². The van der Waals surface area contributed by atoms with Gasteiger partial charge in [-0.25, -0.2) is 4.39 Å². The van der Waals surface area contributed by atoms with Gasteiger partial charge in [0.1, 0.15) is 5.82 Å². The molecule has 1 rings (SSSR count). The van der Waals surface area contributed by atoms with Gasteiger partial charge in [0.15, 0.2) is 0 Å². The minimum Gasteiger partial charge on any atom is -0.366 e. The third kappa shape index (κ3) is 2.68. The van der Waals surface area contributed by atoms with Crippen molar-refractivity contribution in [3.63, 3.8) is 0 Å². The van der Waals surface area contributed by atoms with Crippen LogP contribution in [-0.4, -0.2) is 5.91 Å². The highest BCUT2D eigenvalue weighted by Crippen LogP contribution is 2.09. The molecule has 13 heavy (non-hydrogen) atoms. The van der Waals surface area contributed by atoms with Crippen LogP contribution in [0.25, 0.3) is 0 Å². The van der Waals surface area contributed by atoms with Crippen molar-refractivity contribution in [2.24, 2.45) is 11.5 Å². The first-order chi connectivity index (χ1) is 5.65. The number of benzene rings is 1. The molecule has 0 radical (unpaired) electrons. The summed E-state index contributed by atoms with van der Waals surface area (Å²) < 4.78 is 12.8. The smallest absolute Gasteiger partial charge is 0.251 e. The van der Waals surface area contributed by atoms with Crippen LogP contribution in [0.15, 0.2) is 18.2 Å². The Balaban J connectivity index is 0.00000144. The quantitative estimate of drug-likeness (QED) is 0.749. The van der Waals surface area contributed by atoms with Crippen LogP contribution in [-0.2, 0) is 6.54 Å². The molecule has 0 aliphatic heterocycles. The lowest BCUT2D eigenvalue weighted by Gasteiger charge is -2.00. The van der Waals surface area contributed by atoms with Gasteiger partial charge in [0.05, 0.1) is 5.56 Å². The van der Waals surface area contributed by atoms with E-state index in [1.54, 1.807) is 0 Å². The molecule has 0 saturated heterocycles. The molecule has 4 N–H and O–H groups in total. The molecule has 1 amide bonds. The second kappa shape index (κ2) is 4.79. The second-order valence-electron chi connectivity index (χ2n) is 2.38. The van der Waals surface area contributed by atoms with Gasteiger partial charge < -0.3 is 11.5 Å². The van der Waals surface area contributed by atoms with Gasteiger partial charge in [0, 0.05) is 6.54 Å². The zero-order valence-corrected chi connectivity index (χ0v) is 7.60. The van der Waals surface area contributed by atoms with Gasteiger partial charge in [-0.15, -0.1) is 12.4 Å². The molecule has 0 fully saturated rings. The highest BCUT2D eigenvalue weighted by molar-refractivity contribution is 5.93. The van der Waals surface area contributed by atoms with Crippen LogP contribution in [0.5, 0.6) is 0 Å². The number of rotatable bonds is 2. The van der Waals surface area contributed by atoms with Crippen LogP contribution >= 0.6 is 12.4 Å². The Morgan fingerprint density at radius 2 is 2.08 bits per heavy atom. The van der Waals surface area contributed by atoms with Crippen LogP contribution in [0, 0.1) is 5.82 Å². The minimum absolute atomic E-state index is 0. The SMILES string of the molecule is Cl.NCc1ccc(F)c(C(N)=O)c1. The first kappa shape index (κ1) is 11.9. The molecule has 0 aliphatic carbocycles. The molecule has 0 aliphatic rings. The molecule has 0 aromatic heterocycles. The number of nitrogens with two attached hydrogens (primary N) is 2. The van der Waals surface area contributed by atoms with E-state index < -0.39 is 11.7 Å². The van der Waals surface area contributed by atoms with Crippen molar-refractivity contribution in [1.82, 2.24) is 0 Å². The molecule has 0 saturated carbocycles. The van der Waals surface area contributed by atoms with E-state index in [2.05, 4.69) is 0 Å². The van der Waals surface area contributed by atoms with Crippen LogP contribution in [0.3, 0.4) is 0 Å². The fraction of sp³-hybridized carbons (Fsp3) is 0.125. The van der Waals surface area contributed by atoms with Crippen molar-refractivity contribution in [2.75, 3.05) is 0 Å². The first-order valence-electron chi connectivity index (χ1n) is 3.43. The zero-order chi connectivity index (χ0) is 9.14. The van der Waals surface area contributed by atoms with E-state index in [1.807, 2.05) is 0 Å². The summed E-state index contributed by atoms with van der Waals surface area (Å²) in [5, 5.41) is 0. The monoisotopic (exact) mass is 204 g/mol. The summed E-state index contributed by atoms with van der Waals surface area (Å²) in [7, 11) is 0. The van der Waals surface area contributed by atoms with Crippen molar-refractivity contribution in [2.45, 2.75) is 6.54 Å². The highest BCUT2D eigenvalue weighted by Gasteiger charge is 2.07. The molecule has 0 heterocycles. The Morgan fingerprint density at radius 3 is 2.54 bits per heavy atom. The van der Waals surface area contributed by atoms with E-state index in [4.69, 9.17) is 11.5 Å². The number of primary amides is 1. The lowest BCUT2D eigenvalue weighted by atomic mass is 10.1. The standard InChI is InChI=1S/C8H9FN2O.ClH/c9-7-2-1-5(4-10)3-6(7)8(11)12;/h1-3H,4,10H2,(H2,11,12);1H. The maximum Gasteiger partial charge on any atom is 0.251 e. The average molecular weight is 205 g/mol. The van der Waals surface area contributed by atoms with Gasteiger partial charge in [-0.1, -0.05) is 6.07 Å². The van der Waals surface area contributed by atoms with E-state index in [0.29, 0.717) is 5.56 Å². The molecular weight excluding hydrogens is 195 g/mol. The predicted octanol–water partition coefficient (Wildman–Crippen LogP) is 0.805. The normalized spacial score (nSPS) is 9.08. The summed E-state index contributed by atoms with van der Waals surface area (Å²) in [5.41, 5.74) is 10.8. The van der Waals surface area contributed by atoms with Gasteiger partial charge in [-0.2, -0.15) is 0 Å². The molecule has 0 spiro atoms. The molecule has 72 valence electrons. The molecule has 3 nitrogen and oxygen atoms in total. The van der Waals surface area contributed by atoms with Crippen molar-refractivity contribution < 1.29 is 9.18 Å². The van der Waals surface area contributed by atoms with Crippen molar-refractivity contribution in [3.05, 3.63) is 35.1 Å². The maximum atomic E-state index is 12.8. The predicted molar refractivity (Wildman–Crippen MR) is 50.1 cm³/mol. The van der Waals surface area contributed by atoms with Gasteiger partial charge in [-0.05, 0) is 17.7 Å². The van der Waals surface area contributed by atoms with Gasteiger partial charge in [0.2, 0.25) is 0 Å². The van der Waals surface area contributed by atoms with Crippen LogP contribution < -0.4 is 11.5 Å². The van der Waals surface area contributed by atoms with E-state index in [9.17, 15) is 9.18 Å². The summed E-state index contributed by atoms with van der Waals surface area (Å²) in [6, 6.07) is 4.06. The van der Waals surface area contributed by atoms with E-state index in [-0.39, 0.29) is 24.5 Å². The average Bonchev–Trinajstić information content (AvgIpc) is 2.05. The Morgan fingerprint density at radius 1 is 1.46 bits per heavy atom. The summed E-state index contributed by atoms with van der Waals surface area (Å²) in [4.78, 5) is 10.6. The summed E-state index contributed by atoms with van der Waals surface area (Å²) in [6.07, 6.45) is 0. The van der Waals surface area contributed by atoms with Gasteiger partial charge in [0.25, 0.3) is 5.91 Å². The number of hydrogen-bond acceptors (Lipinski definition) is 2. The summed E-state index contributed by atoms with van der Waals surface area (Å²) in [5.74, 6) is -1.39. The van der Waals surface area contributed by atoms with Crippen LogP contribution in [0.2, 0.25) is 0 Å². The molecule has 1 aromatic rings. The van der Waals surface area contributed by atoms with Crippen LogP contribution in [0.1, 0.15) is 15.9 Å². The van der Waals surface area contributed by atoms with E-state index >= 15 is 0 Å². The zero-order valence-electron chi connectivity index (χ0n) is 6.79. The molecule has 0 atom stereocenters. The number of hydrogen-bond donors (Lipinski definition) is 2. The Labute approximate surface area is 81.3 Å². The number of carbonyl (C=O) groups excluding carboxylic acids is 1. The summed E-state index contributed by atoms with van der Waals surface area (Å²) in [6.45, 7) is 0.264. The Kier molecular flexibility index (Phi) is 4.37. The molecule has 0 bridgehead atoms. The van der Waals surface area contributed by atoms with Gasteiger partial charge in [-0.3, -0.25) is 4.79 Å². The van der Waals surface area contributed by atoms with Crippen molar-refractivity contribution >= 4 is 18.3 Å². The maximum absolute atomic E-state index is 12.8. The minimum atomic E-state index is -0.775. The van der Waals surface area contributed by atoms with Gasteiger partial charge >= 0.3 is 0 Å². The first-order valence-corrected chi connectivity index (χ1v) is 3.43. The second-order valence-corrected chi connectivity index (χ2v) is 2.38. The lowest BCUT2D eigenvalue weighted by molar-refractivity contribution is 0.0996. The molecule has 1 aromatic carbocycles. The fourth-order valence-corrected chi connectivity index (χ4v) is 0.888. The highest BCUT2D eigenvalue weighted by atomic mass is 35.5. The third-order valence-corrected chi connectivity index (χ3v) is 1.53. The Bertz CT molecular complexity index is 317. The fourth-order valence-electron chi connectivity index (χ4n) is 0.888. The molecule has 5 heteroatoms. The number of amides is 1. The van der Waals surface area contributed by atoms with Crippen molar-refractivity contribution in [3.8, 4) is 0 Å². The number of halogens is 2. The van der Waals surface area contributed by atoms with Crippen molar-refractivity contribution in [1.29, 1.82) is 0 Å². The van der Waals surface area contributed by atoms with Crippen LogP contribution in [0.4, 0.5) is 4.39 Å². The molecular formula is C8H10ClFN2O. The third-order valence-electron chi connectivity index (χ3n) is 1.53. The van der Waals surface area contributed by atoms with E-state index in [1.165, 1.54) is 18.2 Å². The largest absolute Gasteiger partial charge is 0.366 e. The number of carbonyl (C=O) groups is 1. The lowest BCUT2D eigenvalue weighted by Crippen LogP contribution is -2.14. The van der Waals surface area contributed by atoms with E-state index in [0.717, 1.165) is 0 Å². The Hall–Kier alpha value is -1.13.